The van der Waals surface area contributed by atoms with E-state index in [1.54, 1.807) is 6.92 Å². The number of nitrogens with zero attached hydrogens (tertiary/aromatic N) is 3. The van der Waals surface area contributed by atoms with E-state index in [0.717, 1.165) is 34.0 Å². The van der Waals surface area contributed by atoms with Crippen molar-refractivity contribution < 1.29 is 4.79 Å². The molecule has 0 amide bonds. The molecule has 1 atom stereocenters. The molecule has 20 heavy (non-hydrogen) atoms. The molecular weight excluding hydrogens is 270 g/mol. The molecule has 3 heterocycles. The van der Waals surface area contributed by atoms with Gasteiger partial charge in [-0.25, -0.2) is 4.98 Å². The highest BCUT2D eigenvalue weighted by Gasteiger charge is 2.25. The van der Waals surface area contributed by atoms with Gasteiger partial charge in [0, 0.05) is 24.5 Å². The Bertz CT molecular complexity index is 650. The Labute approximate surface area is 123 Å². The van der Waals surface area contributed by atoms with Gasteiger partial charge in [-0.15, -0.1) is 11.3 Å². The lowest BCUT2D eigenvalue weighted by Crippen LogP contribution is -2.31. The maximum absolute atomic E-state index is 11.4. The Morgan fingerprint density at radius 3 is 2.90 bits per heavy atom. The minimum atomic E-state index is 0.114. The van der Waals surface area contributed by atoms with E-state index < -0.39 is 0 Å². The van der Waals surface area contributed by atoms with Gasteiger partial charge in [0.2, 0.25) is 0 Å². The molecule has 0 saturated carbocycles. The second-order valence-corrected chi connectivity index (χ2v) is 6.61. The predicted octanol–water partition coefficient (Wildman–Crippen LogP) is 2.64. The Morgan fingerprint density at radius 1 is 1.45 bits per heavy atom. The van der Waals surface area contributed by atoms with Crippen LogP contribution in [0.5, 0.6) is 0 Å². The summed E-state index contributed by atoms with van der Waals surface area (Å²) in [4.78, 5) is 22.5. The number of Topliss-reactive ketones (excluding diaryl/α,β-unsaturated/α-hetero) is 1. The fraction of sp³-hybridized carbons (Fsp3) is 0.467. The first kappa shape index (κ1) is 13.5. The molecule has 1 aliphatic rings. The third-order valence-corrected chi connectivity index (χ3v) is 5.08. The van der Waals surface area contributed by atoms with E-state index in [4.69, 9.17) is 4.98 Å². The lowest BCUT2D eigenvalue weighted by Gasteiger charge is -2.21. The average molecular weight is 289 g/mol. The van der Waals surface area contributed by atoms with Gasteiger partial charge in [0.1, 0.15) is 10.6 Å². The molecular formula is C15H19N3OS. The minimum Gasteiger partial charge on any atom is -0.355 e. The highest BCUT2D eigenvalue weighted by Crippen LogP contribution is 2.28. The lowest BCUT2D eigenvalue weighted by atomic mass is 10.2. The first-order valence-corrected chi connectivity index (χ1v) is 7.69. The van der Waals surface area contributed by atoms with Crippen molar-refractivity contribution in [3.8, 4) is 0 Å². The van der Waals surface area contributed by atoms with Gasteiger partial charge in [-0.1, -0.05) is 0 Å². The molecule has 0 unspecified atom stereocenters. The van der Waals surface area contributed by atoms with E-state index in [9.17, 15) is 4.79 Å². The highest BCUT2D eigenvalue weighted by atomic mass is 32.1. The summed E-state index contributed by atoms with van der Waals surface area (Å²) in [6.45, 7) is 3.68. The Kier molecular flexibility index (Phi) is 3.48. The molecule has 2 aromatic rings. The van der Waals surface area contributed by atoms with Gasteiger partial charge in [-0.2, -0.15) is 0 Å². The zero-order chi connectivity index (χ0) is 14.3. The van der Waals surface area contributed by atoms with Gasteiger partial charge in [0.25, 0.3) is 0 Å². The van der Waals surface area contributed by atoms with Crippen LogP contribution in [0.15, 0.2) is 18.2 Å². The third kappa shape index (κ3) is 2.43. The first-order valence-electron chi connectivity index (χ1n) is 6.87. The average Bonchev–Trinajstić information content (AvgIpc) is 3.04. The van der Waals surface area contributed by atoms with Crippen LogP contribution in [0.3, 0.4) is 0 Å². The second-order valence-electron chi connectivity index (χ2n) is 5.58. The molecule has 2 aromatic heterocycles. The van der Waals surface area contributed by atoms with Crippen molar-refractivity contribution in [2.24, 2.45) is 0 Å². The molecule has 5 heteroatoms. The van der Waals surface area contributed by atoms with Crippen LogP contribution >= 0.6 is 11.3 Å². The van der Waals surface area contributed by atoms with Crippen molar-refractivity contribution in [3.05, 3.63) is 23.1 Å². The second kappa shape index (κ2) is 5.14. The van der Waals surface area contributed by atoms with E-state index in [2.05, 4.69) is 36.0 Å². The molecule has 3 rings (SSSR count). The molecule has 106 valence electrons. The van der Waals surface area contributed by atoms with Crippen LogP contribution in [0.1, 0.15) is 23.0 Å². The van der Waals surface area contributed by atoms with Crippen LogP contribution < -0.4 is 4.90 Å². The van der Waals surface area contributed by atoms with Gasteiger partial charge in [-0.3, -0.25) is 4.79 Å². The minimum absolute atomic E-state index is 0.114. The fourth-order valence-corrected chi connectivity index (χ4v) is 3.55. The van der Waals surface area contributed by atoms with Crippen molar-refractivity contribution in [2.45, 2.75) is 19.4 Å². The number of hydrogen-bond acceptors (Lipinski definition) is 5. The van der Waals surface area contributed by atoms with E-state index in [1.165, 1.54) is 17.8 Å². The number of rotatable bonds is 3. The molecule has 0 spiro atoms. The molecule has 0 aromatic carbocycles. The van der Waals surface area contributed by atoms with E-state index in [-0.39, 0.29) is 5.78 Å². The number of carbonyl (C=O) groups is 1. The van der Waals surface area contributed by atoms with Crippen molar-refractivity contribution in [1.29, 1.82) is 0 Å². The third-order valence-electron chi connectivity index (χ3n) is 3.93. The number of fused-ring (bicyclic) bond motifs is 1. The summed E-state index contributed by atoms with van der Waals surface area (Å²) in [5.41, 5.74) is 0. The van der Waals surface area contributed by atoms with E-state index in [0.29, 0.717) is 6.04 Å². The van der Waals surface area contributed by atoms with Crippen LogP contribution in [-0.2, 0) is 0 Å². The number of aromatic nitrogens is 1. The number of ketones is 1. The van der Waals surface area contributed by atoms with Crippen molar-refractivity contribution in [2.75, 3.05) is 32.1 Å². The topological polar surface area (TPSA) is 36.4 Å². The number of carbonyl (C=O) groups excluding carboxylic acids is 1. The van der Waals surface area contributed by atoms with Crippen molar-refractivity contribution in [3.63, 3.8) is 0 Å². The van der Waals surface area contributed by atoms with Gasteiger partial charge < -0.3 is 9.80 Å². The number of anilines is 1. The van der Waals surface area contributed by atoms with Gasteiger partial charge in [0.05, 0.1) is 4.88 Å². The van der Waals surface area contributed by atoms with E-state index in [1.807, 2.05) is 6.07 Å². The van der Waals surface area contributed by atoms with Crippen LogP contribution in [0.2, 0.25) is 0 Å². The smallest absolute Gasteiger partial charge is 0.169 e. The summed E-state index contributed by atoms with van der Waals surface area (Å²) in [7, 11) is 4.26. The Hall–Kier alpha value is -1.46. The maximum Gasteiger partial charge on any atom is 0.169 e. The monoisotopic (exact) mass is 289 g/mol. The molecule has 0 radical (unpaired) electrons. The number of likely N-dealkylation sites (N-methyl/N-ethyl adjacent to an activating group) is 1. The predicted molar refractivity (Wildman–Crippen MR) is 83.9 cm³/mol. The standard InChI is InChI=1S/C15H19N3OS/c1-10(19)13-8-11-4-5-14(16-15(11)20-13)18-7-6-12(9-18)17(2)3/h4-5,8,12H,6-7,9H2,1-3H3/t12-/m1/s1. The normalized spacial score (nSPS) is 19.2. The summed E-state index contributed by atoms with van der Waals surface area (Å²) in [6, 6.07) is 6.68. The molecule has 1 fully saturated rings. The number of hydrogen-bond donors (Lipinski definition) is 0. The van der Waals surface area contributed by atoms with Crippen LogP contribution in [0, 0.1) is 0 Å². The Balaban J connectivity index is 1.88. The SMILES string of the molecule is CC(=O)c1cc2ccc(N3CC[C@@H](N(C)C)C3)nc2s1. The maximum atomic E-state index is 11.4. The molecule has 0 N–H and O–H groups in total. The van der Waals surface area contributed by atoms with Crippen molar-refractivity contribution >= 4 is 33.2 Å². The first-order chi connectivity index (χ1) is 9.54. The van der Waals surface area contributed by atoms with Crippen LogP contribution in [0.25, 0.3) is 10.2 Å². The zero-order valence-electron chi connectivity index (χ0n) is 12.1. The summed E-state index contributed by atoms with van der Waals surface area (Å²) in [5, 5.41) is 1.06. The molecule has 4 nitrogen and oxygen atoms in total. The quantitative estimate of drug-likeness (QED) is 0.814. The molecule has 1 saturated heterocycles. The largest absolute Gasteiger partial charge is 0.355 e. The summed E-state index contributed by atoms with van der Waals surface area (Å²) >= 11 is 1.49. The fourth-order valence-electron chi connectivity index (χ4n) is 2.63. The number of pyridine rings is 1. The molecule has 0 bridgehead atoms. The van der Waals surface area contributed by atoms with Crippen molar-refractivity contribution in [1.82, 2.24) is 9.88 Å². The summed E-state index contributed by atoms with van der Waals surface area (Å²) in [6.07, 6.45) is 1.18. The van der Waals surface area contributed by atoms with Crippen LogP contribution in [0.4, 0.5) is 5.82 Å². The molecule has 0 aliphatic carbocycles. The molecule has 1 aliphatic heterocycles. The summed E-state index contributed by atoms with van der Waals surface area (Å²) < 4.78 is 0. The number of thiophene rings is 1. The lowest BCUT2D eigenvalue weighted by molar-refractivity contribution is 0.102. The Morgan fingerprint density at radius 2 is 2.25 bits per heavy atom. The zero-order valence-corrected chi connectivity index (χ0v) is 12.9. The highest BCUT2D eigenvalue weighted by molar-refractivity contribution is 7.20. The summed E-state index contributed by atoms with van der Waals surface area (Å²) in [5.74, 6) is 1.14. The van der Waals surface area contributed by atoms with E-state index >= 15 is 0 Å². The van der Waals surface area contributed by atoms with Gasteiger partial charge in [0.15, 0.2) is 5.78 Å². The van der Waals surface area contributed by atoms with Gasteiger partial charge in [-0.05, 0) is 45.6 Å². The van der Waals surface area contributed by atoms with Crippen LogP contribution in [-0.4, -0.2) is 48.9 Å². The van der Waals surface area contributed by atoms with Gasteiger partial charge >= 0.3 is 0 Å².